The van der Waals surface area contributed by atoms with Gasteiger partial charge in [0.05, 0.1) is 6.10 Å². The van der Waals surface area contributed by atoms with E-state index in [2.05, 4.69) is 10.3 Å². The highest BCUT2D eigenvalue weighted by Crippen LogP contribution is 2.16. The Morgan fingerprint density at radius 3 is 2.67 bits per heavy atom. The Bertz CT molecular complexity index is 516. The first-order valence-electron chi connectivity index (χ1n) is 5.54. The minimum Gasteiger partial charge on any atom is -0.399 e. The number of benzene rings is 1. The van der Waals surface area contributed by atoms with Gasteiger partial charge in [0.15, 0.2) is 11.6 Å². The average molecular weight is 247 g/mol. The van der Waals surface area contributed by atoms with E-state index in [0.717, 1.165) is 0 Å². The third-order valence-electron chi connectivity index (χ3n) is 2.54. The highest BCUT2D eigenvalue weighted by Gasteiger charge is 2.09. The second-order valence-electron chi connectivity index (χ2n) is 3.90. The van der Waals surface area contributed by atoms with Crippen molar-refractivity contribution in [3.63, 3.8) is 0 Å². The predicted octanol–water partition coefficient (Wildman–Crippen LogP) is 1.95. The Balaban J connectivity index is 1.98. The predicted molar refractivity (Wildman–Crippen MR) is 68.5 cm³/mol. The normalized spacial score (nSPS) is 12.1. The number of aliphatic hydroxyl groups excluding tert-OH is 1. The van der Waals surface area contributed by atoms with Gasteiger partial charge in [-0.1, -0.05) is 12.1 Å². The number of hydrogen-bond donors (Lipinski definition) is 3. The van der Waals surface area contributed by atoms with Crippen LogP contribution in [0.2, 0.25) is 0 Å². The molecule has 18 heavy (non-hydrogen) atoms. The van der Waals surface area contributed by atoms with Crippen molar-refractivity contribution in [2.45, 2.75) is 6.10 Å². The summed E-state index contributed by atoms with van der Waals surface area (Å²) in [5, 5.41) is 12.7. The lowest BCUT2D eigenvalue weighted by molar-refractivity contribution is 0.191. The molecule has 0 aliphatic heterocycles. The lowest BCUT2D eigenvalue weighted by atomic mass is 10.1. The molecule has 0 aliphatic rings. The molecule has 0 bridgehead atoms. The molecule has 4 N–H and O–H groups in total. The Hall–Kier alpha value is -2.14. The first kappa shape index (κ1) is 12.3. The molecular formula is C13H14FN3O. The molecule has 4 nitrogen and oxygen atoms in total. The summed E-state index contributed by atoms with van der Waals surface area (Å²) in [4.78, 5) is 3.84. The van der Waals surface area contributed by atoms with E-state index in [9.17, 15) is 9.50 Å². The molecule has 0 fully saturated rings. The fourth-order valence-electron chi connectivity index (χ4n) is 1.55. The molecule has 0 saturated heterocycles. The van der Waals surface area contributed by atoms with E-state index in [4.69, 9.17) is 5.73 Å². The standard InChI is InChI=1S/C13H14FN3O/c14-11-2-1-7-16-13(11)17-8-12(18)9-3-5-10(15)6-4-9/h1-7,12,18H,8,15H2,(H,16,17). The minimum atomic E-state index is -0.744. The van der Waals surface area contributed by atoms with E-state index in [0.29, 0.717) is 11.3 Å². The maximum Gasteiger partial charge on any atom is 0.165 e. The summed E-state index contributed by atoms with van der Waals surface area (Å²) in [6.07, 6.45) is 0.744. The number of pyridine rings is 1. The number of rotatable bonds is 4. The van der Waals surface area contributed by atoms with E-state index >= 15 is 0 Å². The number of nitrogens with zero attached hydrogens (tertiary/aromatic N) is 1. The summed E-state index contributed by atoms with van der Waals surface area (Å²) in [5.74, 6) is -0.311. The van der Waals surface area contributed by atoms with Crippen LogP contribution in [0, 0.1) is 5.82 Å². The van der Waals surface area contributed by atoms with Gasteiger partial charge in [0.25, 0.3) is 0 Å². The van der Waals surface area contributed by atoms with E-state index < -0.39 is 11.9 Å². The summed E-state index contributed by atoms with van der Waals surface area (Å²) in [6, 6.07) is 9.70. The van der Waals surface area contributed by atoms with E-state index in [-0.39, 0.29) is 12.4 Å². The molecule has 1 aromatic carbocycles. The number of aliphatic hydroxyl groups is 1. The molecule has 1 unspecified atom stereocenters. The Morgan fingerprint density at radius 1 is 1.28 bits per heavy atom. The average Bonchev–Trinajstić information content (AvgIpc) is 2.38. The van der Waals surface area contributed by atoms with Gasteiger partial charge in [-0.2, -0.15) is 0 Å². The number of nitrogens with two attached hydrogens (primary N) is 1. The zero-order valence-corrected chi connectivity index (χ0v) is 9.68. The molecule has 0 spiro atoms. The fraction of sp³-hybridized carbons (Fsp3) is 0.154. The van der Waals surface area contributed by atoms with Gasteiger partial charge in [0.1, 0.15) is 0 Å². The van der Waals surface area contributed by atoms with Crippen molar-refractivity contribution in [1.82, 2.24) is 4.98 Å². The summed E-state index contributed by atoms with van der Waals surface area (Å²) in [5.41, 5.74) is 6.90. The van der Waals surface area contributed by atoms with Gasteiger partial charge in [-0.15, -0.1) is 0 Å². The maximum absolute atomic E-state index is 13.3. The largest absolute Gasteiger partial charge is 0.399 e. The smallest absolute Gasteiger partial charge is 0.165 e. The van der Waals surface area contributed by atoms with Gasteiger partial charge in [0.2, 0.25) is 0 Å². The molecule has 2 aromatic rings. The first-order chi connectivity index (χ1) is 8.66. The number of nitrogen functional groups attached to an aromatic ring is 1. The second-order valence-corrected chi connectivity index (χ2v) is 3.90. The van der Waals surface area contributed by atoms with Crippen molar-refractivity contribution >= 4 is 11.5 Å². The number of aromatic nitrogens is 1. The molecule has 94 valence electrons. The van der Waals surface area contributed by atoms with Crippen LogP contribution in [-0.4, -0.2) is 16.6 Å². The Labute approximate surface area is 104 Å². The van der Waals surface area contributed by atoms with Crippen LogP contribution in [0.3, 0.4) is 0 Å². The molecule has 0 aliphatic carbocycles. The highest BCUT2D eigenvalue weighted by atomic mass is 19.1. The third-order valence-corrected chi connectivity index (χ3v) is 2.54. The zero-order chi connectivity index (χ0) is 13.0. The van der Waals surface area contributed by atoms with Gasteiger partial charge >= 0.3 is 0 Å². The molecule has 1 heterocycles. The minimum absolute atomic E-state index is 0.131. The lowest BCUT2D eigenvalue weighted by Gasteiger charge is -2.13. The first-order valence-corrected chi connectivity index (χ1v) is 5.54. The zero-order valence-electron chi connectivity index (χ0n) is 9.68. The molecule has 1 aromatic heterocycles. The quantitative estimate of drug-likeness (QED) is 0.722. The van der Waals surface area contributed by atoms with Crippen molar-refractivity contribution in [3.8, 4) is 0 Å². The van der Waals surface area contributed by atoms with Crippen LogP contribution >= 0.6 is 0 Å². The SMILES string of the molecule is Nc1ccc(C(O)CNc2ncccc2F)cc1. The number of anilines is 2. The number of hydrogen-bond acceptors (Lipinski definition) is 4. The van der Waals surface area contributed by atoms with Gasteiger partial charge < -0.3 is 16.2 Å². The fourth-order valence-corrected chi connectivity index (χ4v) is 1.55. The van der Waals surface area contributed by atoms with Crippen LogP contribution in [0.5, 0.6) is 0 Å². The summed E-state index contributed by atoms with van der Waals surface area (Å²) in [7, 11) is 0. The van der Waals surface area contributed by atoms with Crippen LogP contribution in [0.25, 0.3) is 0 Å². The molecule has 0 radical (unpaired) electrons. The Morgan fingerprint density at radius 2 is 2.00 bits per heavy atom. The molecule has 1 atom stereocenters. The maximum atomic E-state index is 13.3. The van der Waals surface area contributed by atoms with Gasteiger partial charge in [-0.05, 0) is 29.8 Å². The lowest BCUT2D eigenvalue weighted by Crippen LogP contribution is -2.13. The molecule has 0 saturated carbocycles. The van der Waals surface area contributed by atoms with Crippen LogP contribution in [0.4, 0.5) is 15.9 Å². The molecule has 5 heteroatoms. The van der Waals surface area contributed by atoms with E-state index in [1.54, 1.807) is 24.3 Å². The van der Waals surface area contributed by atoms with Crippen LogP contribution in [-0.2, 0) is 0 Å². The Kier molecular flexibility index (Phi) is 3.74. The van der Waals surface area contributed by atoms with E-state index in [1.165, 1.54) is 18.3 Å². The molecule has 0 amide bonds. The third kappa shape index (κ3) is 2.95. The van der Waals surface area contributed by atoms with Crippen molar-refractivity contribution < 1.29 is 9.50 Å². The molecular weight excluding hydrogens is 233 g/mol. The monoisotopic (exact) mass is 247 g/mol. The summed E-state index contributed by atoms with van der Waals surface area (Å²) in [6.45, 7) is 0.178. The number of halogens is 1. The van der Waals surface area contributed by atoms with Crippen LogP contribution in [0.15, 0.2) is 42.6 Å². The van der Waals surface area contributed by atoms with Gasteiger partial charge in [-0.3, -0.25) is 0 Å². The van der Waals surface area contributed by atoms with Gasteiger partial charge in [-0.25, -0.2) is 9.37 Å². The topological polar surface area (TPSA) is 71.2 Å². The molecule has 2 rings (SSSR count). The summed E-state index contributed by atoms with van der Waals surface area (Å²) >= 11 is 0. The second kappa shape index (κ2) is 5.46. The van der Waals surface area contributed by atoms with Crippen molar-refractivity contribution in [2.24, 2.45) is 0 Å². The van der Waals surface area contributed by atoms with Crippen LogP contribution in [0.1, 0.15) is 11.7 Å². The summed E-state index contributed by atoms with van der Waals surface area (Å²) < 4.78 is 13.3. The van der Waals surface area contributed by atoms with E-state index in [1.807, 2.05) is 0 Å². The van der Waals surface area contributed by atoms with Crippen molar-refractivity contribution in [3.05, 3.63) is 54.0 Å². The van der Waals surface area contributed by atoms with Crippen LogP contribution < -0.4 is 11.1 Å². The van der Waals surface area contributed by atoms with Crippen molar-refractivity contribution in [2.75, 3.05) is 17.6 Å². The van der Waals surface area contributed by atoms with Gasteiger partial charge in [0, 0.05) is 18.4 Å². The highest BCUT2D eigenvalue weighted by molar-refractivity contribution is 5.41. The van der Waals surface area contributed by atoms with Crippen molar-refractivity contribution in [1.29, 1.82) is 0 Å². The number of nitrogens with one attached hydrogen (secondary N) is 1.